The smallest absolute Gasteiger partial charge is 0.242 e. The zero-order valence-corrected chi connectivity index (χ0v) is 13.4. The maximum atomic E-state index is 12.4. The lowest BCUT2D eigenvalue weighted by atomic mass is 9.90. The average molecular weight is 325 g/mol. The van der Waals surface area contributed by atoms with E-state index < -0.39 is 15.6 Å². The summed E-state index contributed by atoms with van der Waals surface area (Å²) in [7, 11) is -3.77. The molecule has 0 saturated carbocycles. The minimum Gasteiger partial charge on any atom is -0.329 e. The molecule has 1 unspecified atom stereocenters. The summed E-state index contributed by atoms with van der Waals surface area (Å²) in [5.74, 6) is 0.0326. The highest BCUT2D eigenvalue weighted by Gasteiger charge is 2.33. The number of benzene rings is 1. The van der Waals surface area contributed by atoms with Gasteiger partial charge in [0.25, 0.3) is 0 Å². The Morgan fingerprint density at radius 2 is 1.95 bits per heavy atom. The van der Waals surface area contributed by atoms with Gasteiger partial charge in [0.05, 0.1) is 5.02 Å². The summed E-state index contributed by atoms with van der Waals surface area (Å²) in [5, 5.41) is 0.434. The summed E-state index contributed by atoms with van der Waals surface area (Å²) in [4.78, 5) is -0.0398. The van der Waals surface area contributed by atoms with Crippen LogP contribution >= 0.6 is 23.2 Å². The number of rotatable bonds is 5. The van der Waals surface area contributed by atoms with Gasteiger partial charge < -0.3 is 5.73 Å². The molecule has 0 radical (unpaired) electrons. The van der Waals surface area contributed by atoms with Crippen molar-refractivity contribution in [2.24, 2.45) is 11.7 Å². The van der Waals surface area contributed by atoms with Gasteiger partial charge in [0.2, 0.25) is 10.0 Å². The first kappa shape index (κ1) is 16.7. The highest BCUT2D eigenvalue weighted by molar-refractivity contribution is 7.89. The predicted octanol–water partition coefficient (Wildman–Crippen LogP) is 2.65. The third kappa shape index (κ3) is 3.83. The third-order valence-electron chi connectivity index (χ3n) is 3.25. The highest BCUT2D eigenvalue weighted by Crippen LogP contribution is 2.27. The first-order valence-electron chi connectivity index (χ1n) is 5.81. The Bertz CT molecular complexity index is 561. The van der Waals surface area contributed by atoms with Gasteiger partial charge in [-0.05, 0) is 31.0 Å². The number of sulfonamides is 1. The monoisotopic (exact) mass is 324 g/mol. The van der Waals surface area contributed by atoms with Crippen LogP contribution in [0.1, 0.15) is 20.8 Å². The maximum Gasteiger partial charge on any atom is 0.242 e. The van der Waals surface area contributed by atoms with Crippen LogP contribution in [0.4, 0.5) is 0 Å². The maximum absolute atomic E-state index is 12.4. The van der Waals surface area contributed by atoms with E-state index in [2.05, 4.69) is 4.72 Å². The van der Waals surface area contributed by atoms with Gasteiger partial charge in [-0.1, -0.05) is 37.0 Å². The third-order valence-corrected chi connectivity index (χ3v) is 5.58. The Balaban J connectivity index is 3.22. The molecule has 1 aromatic carbocycles. The SMILES string of the molecule is CC(C)C(C)(CN)NS(=O)(=O)c1cc(Cl)ccc1Cl. The molecule has 0 spiro atoms. The molecule has 1 aromatic rings. The van der Waals surface area contributed by atoms with Crippen molar-refractivity contribution in [1.82, 2.24) is 4.72 Å². The van der Waals surface area contributed by atoms with Gasteiger partial charge in [0, 0.05) is 17.1 Å². The second-order valence-corrected chi connectivity index (χ2v) is 7.45. The summed E-state index contributed by atoms with van der Waals surface area (Å²) in [5.41, 5.74) is 4.93. The Morgan fingerprint density at radius 3 is 2.42 bits per heavy atom. The quantitative estimate of drug-likeness (QED) is 0.874. The molecule has 1 atom stereocenters. The molecule has 0 aromatic heterocycles. The molecule has 0 bridgehead atoms. The van der Waals surface area contributed by atoms with Crippen LogP contribution in [-0.2, 0) is 10.0 Å². The van der Waals surface area contributed by atoms with Crippen molar-refractivity contribution in [3.8, 4) is 0 Å². The van der Waals surface area contributed by atoms with Crippen LogP contribution < -0.4 is 10.5 Å². The molecule has 3 N–H and O–H groups in total. The molecule has 108 valence electrons. The van der Waals surface area contributed by atoms with Gasteiger partial charge in [-0.25, -0.2) is 13.1 Å². The molecule has 4 nitrogen and oxygen atoms in total. The number of nitrogens with two attached hydrogens (primary N) is 1. The minimum atomic E-state index is -3.77. The fraction of sp³-hybridized carbons (Fsp3) is 0.500. The van der Waals surface area contributed by atoms with Crippen molar-refractivity contribution in [3.05, 3.63) is 28.2 Å². The first-order chi connectivity index (χ1) is 8.62. The minimum absolute atomic E-state index is 0.0326. The summed E-state index contributed by atoms with van der Waals surface area (Å²) in [6.07, 6.45) is 0. The fourth-order valence-corrected chi connectivity index (χ4v) is 3.75. The largest absolute Gasteiger partial charge is 0.329 e. The van der Waals surface area contributed by atoms with E-state index in [-0.39, 0.29) is 22.4 Å². The van der Waals surface area contributed by atoms with Gasteiger partial charge in [-0.15, -0.1) is 0 Å². The van der Waals surface area contributed by atoms with E-state index in [0.29, 0.717) is 5.02 Å². The molecule has 0 fully saturated rings. The summed E-state index contributed by atoms with van der Waals surface area (Å²) in [6.45, 7) is 5.74. The van der Waals surface area contributed by atoms with Gasteiger partial charge in [-0.3, -0.25) is 0 Å². The van der Waals surface area contributed by atoms with E-state index in [9.17, 15) is 8.42 Å². The van der Waals surface area contributed by atoms with Gasteiger partial charge in [0.1, 0.15) is 4.90 Å². The van der Waals surface area contributed by atoms with Gasteiger partial charge >= 0.3 is 0 Å². The van der Waals surface area contributed by atoms with Crippen molar-refractivity contribution in [1.29, 1.82) is 0 Å². The zero-order chi connectivity index (χ0) is 14.8. The van der Waals surface area contributed by atoms with E-state index in [1.807, 2.05) is 13.8 Å². The highest BCUT2D eigenvalue weighted by atomic mass is 35.5. The molecule has 0 heterocycles. The van der Waals surface area contributed by atoms with Crippen molar-refractivity contribution >= 4 is 33.2 Å². The number of hydrogen-bond donors (Lipinski definition) is 2. The topological polar surface area (TPSA) is 72.2 Å². The second kappa shape index (κ2) is 5.97. The van der Waals surface area contributed by atoms with Crippen LogP contribution in [0.25, 0.3) is 0 Å². The van der Waals surface area contributed by atoms with Crippen LogP contribution in [0.2, 0.25) is 10.0 Å². The van der Waals surface area contributed by atoms with Gasteiger partial charge in [0.15, 0.2) is 0 Å². The van der Waals surface area contributed by atoms with E-state index in [4.69, 9.17) is 28.9 Å². The summed E-state index contributed by atoms with van der Waals surface area (Å²) >= 11 is 11.7. The molecule has 1 rings (SSSR count). The molecular formula is C12H18Cl2N2O2S. The van der Waals surface area contributed by atoms with Crippen LogP contribution in [0.3, 0.4) is 0 Å². The Morgan fingerprint density at radius 1 is 1.37 bits per heavy atom. The molecule has 0 amide bonds. The van der Waals surface area contributed by atoms with Gasteiger partial charge in [-0.2, -0.15) is 0 Å². The van der Waals surface area contributed by atoms with Crippen molar-refractivity contribution in [3.63, 3.8) is 0 Å². The standard InChI is InChI=1S/C12H18Cl2N2O2S/c1-8(2)12(3,7-15)16-19(17,18)11-6-9(13)4-5-10(11)14/h4-6,8,16H,7,15H2,1-3H3. The predicted molar refractivity (Wildman–Crippen MR) is 79.1 cm³/mol. The number of hydrogen-bond acceptors (Lipinski definition) is 3. The Labute approximate surface area is 124 Å². The van der Waals surface area contributed by atoms with Crippen LogP contribution in [0.5, 0.6) is 0 Å². The van der Waals surface area contributed by atoms with Crippen LogP contribution in [0.15, 0.2) is 23.1 Å². The first-order valence-corrected chi connectivity index (χ1v) is 8.05. The van der Waals surface area contributed by atoms with E-state index >= 15 is 0 Å². The van der Waals surface area contributed by atoms with Crippen molar-refractivity contribution in [2.75, 3.05) is 6.54 Å². The zero-order valence-electron chi connectivity index (χ0n) is 11.1. The lowest BCUT2D eigenvalue weighted by Gasteiger charge is -2.33. The summed E-state index contributed by atoms with van der Waals surface area (Å²) in [6, 6.07) is 4.31. The molecule has 0 saturated heterocycles. The summed E-state index contributed by atoms with van der Waals surface area (Å²) < 4.78 is 27.4. The van der Waals surface area contributed by atoms with Crippen molar-refractivity contribution in [2.45, 2.75) is 31.2 Å². The molecule has 0 aliphatic rings. The Hall–Kier alpha value is -0.330. The van der Waals surface area contributed by atoms with Crippen LogP contribution in [0, 0.1) is 5.92 Å². The van der Waals surface area contributed by atoms with Crippen molar-refractivity contribution < 1.29 is 8.42 Å². The lowest BCUT2D eigenvalue weighted by Crippen LogP contribution is -2.54. The number of halogens is 2. The molecule has 19 heavy (non-hydrogen) atoms. The number of nitrogens with one attached hydrogen (secondary N) is 1. The van der Waals surface area contributed by atoms with Crippen LogP contribution in [-0.4, -0.2) is 20.5 Å². The molecule has 0 aliphatic heterocycles. The molecule has 7 heteroatoms. The normalized spacial score (nSPS) is 15.5. The average Bonchev–Trinajstić information content (AvgIpc) is 2.31. The molecule has 0 aliphatic carbocycles. The van der Waals surface area contributed by atoms with E-state index in [1.165, 1.54) is 18.2 Å². The second-order valence-electron chi connectivity index (χ2n) is 4.96. The van der Waals surface area contributed by atoms with E-state index in [1.54, 1.807) is 6.92 Å². The molecular weight excluding hydrogens is 307 g/mol. The Kier molecular flexibility index (Phi) is 5.26. The van der Waals surface area contributed by atoms with E-state index in [0.717, 1.165) is 0 Å². The lowest BCUT2D eigenvalue weighted by molar-refractivity contribution is 0.315. The fourth-order valence-electron chi connectivity index (χ4n) is 1.44.